The van der Waals surface area contributed by atoms with Gasteiger partial charge < -0.3 is 0 Å². The van der Waals surface area contributed by atoms with E-state index in [1.165, 1.54) is 56.9 Å². The fraction of sp³-hybridized carbons (Fsp3) is 0.667. The van der Waals surface area contributed by atoms with Crippen LogP contribution in [-0.4, -0.2) is 11.3 Å². The van der Waals surface area contributed by atoms with Gasteiger partial charge in [0, 0.05) is 5.69 Å². The zero-order valence-electron chi connectivity index (χ0n) is 15.7. The summed E-state index contributed by atoms with van der Waals surface area (Å²) < 4.78 is 0. The van der Waals surface area contributed by atoms with Crippen molar-refractivity contribution in [1.82, 2.24) is 0 Å². The standard InChI is InChI=1S/C21H31N3S/c1-3-4-5-6-17-9-11-18(12-10-17)15-20-22-23-21(25)24(20)19-13-7-16(2)8-14-19/h7-8,13-14,17-18,20H,3-6,9-12,15H2,1-2H3. The summed E-state index contributed by atoms with van der Waals surface area (Å²) in [5.41, 5.74) is 2.39. The molecule has 1 atom stereocenters. The normalized spacial score (nSPS) is 26.4. The first-order valence-corrected chi connectivity index (χ1v) is 10.4. The first-order chi connectivity index (χ1) is 12.2. The summed E-state index contributed by atoms with van der Waals surface area (Å²) in [7, 11) is 0. The predicted molar refractivity (Wildman–Crippen MR) is 109 cm³/mol. The first-order valence-electron chi connectivity index (χ1n) is 9.98. The van der Waals surface area contributed by atoms with E-state index in [9.17, 15) is 0 Å². The van der Waals surface area contributed by atoms with E-state index in [4.69, 9.17) is 12.2 Å². The van der Waals surface area contributed by atoms with E-state index in [1.54, 1.807) is 0 Å². The molecule has 25 heavy (non-hydrogen) atoms. The van der Waals surface area contributed by atoms with E-state index in [0.717, 1.165) is 23.9 Å². The minimum atomic E-state index is 0.0943. The number of aryl methyl sites for hydroxylation is 1. The summed E-state index contributed by atoms with van der Waals surface area (Å²) in [6.07, 6.45) is 12.2. The Bertz CT molecular complexity index is 588. The molecule has 1 heterocycles. The number of hydrogen-bond donors (Lipinski definition) is 0. The Morgan fingerprint density at radius 1 is 1.04 bits per heavy atom. The maximum absolute atomic E-state index is 5.44. The molecule has 136 valence electrons. The fourth-order valence-electron chi connectivity index (χ4n) is 4.22. The minimum absolute atomic E-state index is 0.0943. The quantitative estimate of drug-likeness (QED) is 0.403. The van der Waals surface area contributed by atoms with Gasteiger partial charge in [-0.05, 0) is 49.5 Å². The third-order valence-corrected chi connectivity index (χ3v) is 6.10. The summed E-state index contributed by atoms with van der Waals surface area (Å²) in [4.78, 5) is 2.14. The molecule has 1 saturated carbocycles. The number of nitrogens with zero attached hydrogens (tertiary/aromatic N) is 3. The van der Waals surface area contributed by atoms with E-state index in [0.29, 0.717) is 5.11 Å². The molecule has 1 aromatic carbocycles. The molecule has 0 radical (unpaired) electrons. The van der Waals surface area contributed by atoms with Crippen LogP contribution >= 0.6 is 12.2 Å². The van der Waals surface area contributed by atoms with Gasteiger partial charge in [0.1, 0.15) is 6.17 Å². The van der Waals surface area contributed by atoms with E-state index in [1.807, 2.05) is 0 Å². The number of rotatable bonds is 7. The minimum Gasteiger partial charge on any atom is -0.291 e. The molecule has 4 heteroatoms. The van der Waals surface area contributed by atoms with Gasteiger partial charge in [0.2, 0.25) is 5.11 Å². The smallest absolute Gasteiger partial charge is 0.222 e. The van der Waals surface area contributed by atoms with Crippen molar-refractivity contribution in [2.24, 2.45) is 22.1 Å². The van der Waals surface area contributed by atoms with Crippen molar-refractivity contribution in [2.75, 3.05) is 4.90 Å². The van der Waals surface area contributed by atoms with Gasteiger partial charge in [0.25, 0.3) is 0 Å². The molecule has 3 nitrogen and oxygen atoms in total. The molecule has 0 saturated heterocycles. The molecule has 2 aliphatic rings. The molecule has 1 unspecified atom stereocenters. The van der Waals surface area contributed by atoms with Crippen LogP contribution in [0, 0.1) is 18.8 Å². The highest BCUT2D eigenvalue weighted by Gasteiger charge is 2.31. The molecule has 1 aliphatic heterocycles. The van der Waals surface area contributed by atoms with Gasteiger partial charge in [-0.1, -0.05) is 76.0 Å². The third kappa shape index (κ3) is 4.87. The van der Waals surface area contributed by atoms with Gasteiger partial charge in [-0.3, -0.25) is 4.90 Å². The zero-order chi connectivity index (χ0) is 17.6. The maximum Gasteiger partial charge on any atom is 0.222 e. The Morgan fingerprint density at radius 3 is 2.40 bits per heavy atom. The largest absolute Gasteiger partial charge is 0.291 e. The number of thiocarbonyl (C=S) groups is 1. The van der Waals surface area contributed by atoms with Crippen LogP contribution in [0.15, 0.2) is 34.5 Å². The van der Waals surface area contributed by atoms with Crippen molar-refractivity contribution >= 4 is 23.0 Å². The number of benzene rings is 1. The van der Waals surface area contributed by atoms with Gasteiger partial charge in [0.15, 0.2) is 0 Å². The van der Waals surface area contributed by atoms with Crippen LogP contribution in [0.5, 0.6) is 0 Å². The highest BCUT2D eigenvalue weighted by atomic mass is 32.1. The van der Waals surface area contributed by atoms with Crippen LogP contribution in [0.2, 0.25) is 0 Å². The summed E-state index contributed by atoms with van der Waals surface area (Å²) >= 11 is 5.44. The highest BCUT2D eigenvalue weighted by molar-refractivity contribution is 7.80. The van der Waals surface area contributed by atoms with Gasteiger partial charge in [-0.15, -0.1) is 5.11 Å². The zero-order valence-corrected chi connectivity index (χ0v) is 16.5. The van der Waals surface area contributed by atoms with Gasteiger partial charge in [-0.25, -0.2) is 0 Å². The summed E-state index contributed by atoms with van der Waals surface area (Å²) in [5, 5.41) is 9.30. The lowest BCUT2D eigenvalue weighted by Gasteiger charge is -2.31. The van der Waals surface area contributed by atoms with Crippen molar-refractivity contribution in [3.05, 3.63) is 29.8 Å². The van der Waals surface area contributed by atoms with Crippen LogP contribution in [0.1, 0.15) is 70.3 Å². The predicted octanol–water partition coefficient (Wildman–Crippen LogP) is 6.66. The lowest BCUT2D eigenvalue weighted by molar-refractivity contribution is 0.241. The second-order valence-electron chi connectivity index (χ2n) is 7.80. The molecular formula is C21H31N3S. The molecule has 1 fully saturated rings. The highest BCUT2D eigenvalue weighted by Crippen LogP contribution is 2.37. The maximum atomic E-state index is 5.44. The molecule has 0 bridgehead atoms. The first kappa shape index (κ1) is 18.5. The van der Waals surface area contributed by atoms with Gasteiger partial charge >= 0.3 is 0 Å². The van der Waals surface area contributed by atoms with Crippen LogP contribution in [-0.2, 0) is 0 Å². The second kappa shape index (κ2) is 8.88. The van der Waals surface area contributed by atoms with E-state index in [2.05, 4.69) is 53.2 Å². The number of hydrogen-bond acceptors (Lipinski definition) is 2. The van der Waals surface area contributed by atoms with Crippen molar-refractivity contribution in [3.63, 3.8) is 0 Å². The van der Waals surface area contributed by atoms with Crippen LogP contribution in [0.25, 0.3) is 0 Å². The fourth-order valence-corrected chi connectivity index (χ4v) is 4.50. The Balaban J connectivity index is 1.53. The molecule has 0 aromatic heterocycles. The summed E-state index contributed by atoms with van der Waals surface area (Å²) in [6, 6.07) is 8.54. The molecule has 0 N–H and O–H groups in total. The van der Waals surface area contributed by atoms with E-state index >= 15 is 0 Å². The average molecular weight is 358 g/mol. The molecule has 1 aromatic rings. The number of anilines is 1. The van der Waals surface area contributed by atoms with E-state index in [-0.39, 0.29) is 6.17 Å². The third-order valence-electron chi connectivity index (χ3n) is 5.82. The van der Waals surface area contributed by atoms with Crippen molar-refractivity contribution < 1.29 is 0 Å². The van der Waals surface area contributed by atoms with Crippen LogP contribution in [0.4, 0.5) is 5.69 Å². The molecule has 0 spiro atoms. The lowest BCUT2D eigenvalue weighted by Crippen LogP contribution is -2.35. The summed E-state index contributed by atoms with van der Waals surface area (Å²) in [5.74, 6) is 1.72. The van der Waals surface area contributed by atoms with Gasteiger partial charge in [0.05, 0.1) is 0 Å². The molecule has 3 rings (SSSR count). The Morgan fingerprint density at radius 2 is 1.72 bits per heavy atom. The molecular weight excluding hydrogens is 326 g/mol. The average Bonchev–Trinajstić information content (AvgIpc) is 2.98. The number of unbranched alkanes of at least 4 members (excludes halogenated alkanes) is 2. The summed E-state index contributed by atoms with van der Waals surface area (Å²) in [6.45, 7) is 4.40. The SMILES string of the molecule is CCCCCC1CCC(CC2N=NC(=S)N2c2ccc(C)cc2)CC1. The monoisotopic (exact) mass is 357 g/mol. The Labute approximate surface area is 157 Å². The number of azo groups is 1. The second-order valence-corrected chi connectivity index (χ2v) is 8.17. The van der Waals surface area contributed by atoms with E-state index < -0.39 is 0 Å². The van der Waals surface area contributed by atoms with Gasteiger partial charge in [-0.2, -0.15) is 5.11 Å². The molecule has 0 amide bonds. The topological polar surface area (TPSA) is 28.0 Å². The van der Waals surface area contributed by atoms with Crippen LogP contribution in [0.3, 0.4) is 0 Å². The van der Waals surface area contributed by atoms with Crippen molar-refractivity contribution in [3.8, 4) is 0 Å². The molecule has 1 aliphatic carbocycles. The Kier molecular flexibility index (Phi) is 6.57. The Hall–Kier alpha value is -1.29. The lowest BCUT2D eigenvalue weighted by atomic mass is 9.78. The van der Waals surface area contributed by atoms with Crippen molar-refractivity contribution in [1.29, 1.82) is 0 Å². The van der Waals surface area contributed by atoms with Crippen LogP contribution < -0.4 is 4.90 Å². The van der Waals surface area contributed by atoms with Crippen molar-refractivity contribution in [2.45, 2.75) is 77.8 Å².